The van der Waals surface area contributed by atoms with Crippen LogP contribution in [0.4, 0.5) is 17.2 Å². The van der Waals surface area contributed by atoms with Crippen molar-refractivity contribution in [3.05, 3.63) is 47.2 Å². The van der Waals surface area contributed by atoms with E-state index in [9.17, 15) is 9.59 Å². The molecule has 2 fully saturated rings. The Morgan fingerprint density at radius 3 is 2.74 bits per heavy atom. The maximum Gasteiger partial charge on any atom is 0.251 e. The van der Waals surface area contributed by atoms with Crippen LogP contribution in [0.1, 0.15) is 47.7 Å². The predicted octanol–water partition coefficient (Wildman–Crippen LogP) is 2.77. The number of nitrogens with zero attached hydrogens (tertiary/aromatic N) is 4. The van der Waals surface area contributed by atoms with E-state index in [-0.39, 0.29) is 17.9 Å². The molecule has 0 saturated carbocycles. The third-order valence-corrected chi connectivity index (χ3v) is 7.17. The molecule has 1 aromatic carbocycles. The second-order valence-corrected chi connectivity index (χ2v) is 9.53. The molecule has 0 aliphatic carbocycles. The number of rotatable bonds is 5. The fraction of sp³-hybridized carbons (Fsp3) is 0.500. The SMILES string of the molecule is CCNC(=O)c1ccc(N2CCN(Cc3cnc4c(c3)NC(=O)[C@@H]3CCCCN43)CC2)c(C)c1. The number of amides is 2. The topological polar surface area (TPSA) is 80.8 Å². The lowest BCUT2D eigenvalue weighted by molar-refractivity contribution is -0.118. The molecule has 4 heterocycles. The van der Waals surface area contributed by atoms with Gasteiger partial charge >= 0.3 is 0 Å². The summed E-state index contributed by atoms with van der Waals surface area (Å²) in [6, 6.07) is 8.00. The van der Waals surface area contributed by atoms with E-state index >= 15 is 0 Å². The Morgan fingerprint density at radius 1 is 1.15 bits per heavy atom. The third kappa shape index (κ3) is 4.46. The number of pyridine rings is 1. The molecular formula is C26H34N6O2. The molecule has 0 unspecified atom stereocenters. The first-order valence-corrected chi connectivity index (χ1v) is 12.5. The number of carbonyl (C=O) groups is 2. The molecular weight excluding hydrogens is 428 g/mol. The maximum atomic E-state index is 12.6. The van der Waals surface area contributed by atoms with E-state index in [4.69, 9.17) is 4.98 Å². The molecule has 3 aliphatic heterocycles. The fourth-order valence-corrected chi connectivity index (χ4v) is 5.40. The maximum absolute atomic E-state index is 12.6. The quantitative estimate of drug-likeness (QED) is 0.711. The number of benzene rings is 1. The molecule has 1 aromatic heterocycles. The van der Waals surface area contributed by atoms with Crippen LogP contribution in [0, 0.1) is 6.92 Å². The van der Waals surface area contributed by atoms with Gasteiger partial charge in [0.05, 0.1) is 5.69 Å². The number of carbonyl (C=O) groups excluding carboxylic acids is 2. The zero-order chi connectivity index (χ0) is 23.7. The van der Waals surface area contributed by atoms with Crippen molar-refractivity contribution in [1.29, 1.82) is 0 Å². The highest BCUT2D eigenvalue weighted by Crippen LogP contribution is 2.35. The van der Waals surface area contributed by atoms with Crippen LogP contribution in [0.25, 0.3) is 0 Å². The van der Waals surface area contributed by atoms with Gasteiger partial charge in [0.2, 0.25) is 5.91 Å². The number of fused-ring (bicyclic) bond motifs is 3. The Kier molecular flexibility index (Phi) is 6.41. The molecule has 1 atom stereocenters. The summed E-state index contributed by atoms with van der Waals surface area (Å²) >= 11 is 0. The highest BCUT2D eigenvalue weighted by molar-refractivity contribution is 6.03. The van der Waals surface area contributed by atoms with Crippen molar-refractivity contribution in [2.45, 2.75) is 45.7 Å². The van der Waals surface area contributed by atoms with Crippen LogP contribution in [0.3, 0.4) is 0 Å². The molecule has 5 rings (SSSR count). The largest absolute Gasteiger partial charge is 0.369 e. The average Bonchev–Trinajstić information content (AvgIpc) is 2.85. The van der Waals surface area contributed by atoms with Crippen molar-refractivity contribution in [2.24, 2.45) is 0 Å². The molecule has 2 amide bonds. The van der Waals surface area contributed by atoms with E-state index in [0.717, 1.165) is 81.2 Å². The van der Waals surface area contributed by atoms with Crippen LogP contribution in [0.5, 0.6) is 0 Å². The highest BCUT2D eigenvalue weighted by Gasteiger charge is 2.35. The lowest BCUT2D eigenvalue weighted by Gasteiger charge is -2.40. The summed E-state index contributed by atoms with van der Waals surface area (Å²) in [5.41, 5.74) is 5.02. The number of piperazine rings is 1. The van der Waals surface area contributed by atoms with Crippen molar-refractivity contribution in [2.75, 3.05) is 54.4 Å². The Labute approximate surface area is 201 Å². The number of piperidine rings is 1. The number of hydrogen-bond donors (Lipinski definition) is 2. The molecule has 8 nitrogen and oxygen atoms in total. The summed E-state index contributed by atoms with van der Waals surface area (Å²) in [6.45, 7) is 10.1. The van der Waals surface area contributed by atoms with Crippen LogP contribution in [-0.4, -0.2) is 67.0 Å². The van der Waals surface area contributed by atoms with E-state index < -0.39 is 0 Å². The fourth-order valence-electron chi connectivity index (χ4n) is 5.40. The van der Waals surface area contributed by atoms with Gasteiger partial charge < -0.3 is 20.4 Å². The first-order valence-electron chi connectivity index (χ1n) is 12.5. The van der Waals surface area contributed by atoms with Crippen molar-refractivity contribution in [1.82, 2.24) is 15.2 Å². The van der Waals surface area contributed by atoms with Crippen LogP contribution >= 0.6 is 0 Å². The lowest BCUT2D eigenvalue weighted by Crippen LogP contribution is -2.51. The Balaban J connectivity index is 1.21. The van der Waals surface area contributed by atoms with Gasteiger partial charge in [0, 0.05) is 63.3 Å². The van der Waals surface area contributed by atoms with Gasteiger partial charge in [-0.25, -0.2) is 4.98 Å². The number of nitrogens with one attached hydrogen (secondary N) is 2. The van der Waals surface area contributed by atoms with Gasteiger partial charge in [-0.3, -0.25) is 14.5 Å². The first-order chi connectivity index (χ1) is 16.5. The van der Waals surface area contributed by atoms with E-state index in [1.807, 2.05) is 25.3 Å². The van der Waals surface area contributed by atoms with Crippen LogP contribution in [-0.2, 0) is 11.3 Å². The van der Waals surface area contributed by atoms with E-state index in [0.29, 0.717) is 12.1 Å². The second-order valence-electron chi connectivity index (χ2n) is 9.53. The smallest absolute Gasteiger partial charge is 0.251 e. The lowest BCUT2D eigenvalue weighted by atomic mass is 9.99. The molecule has 0 bridgehead atoms. The number of hydrogen-bond acceptors (Lipinski definition) is 6. The molecule has 34 heavy (non-hydrogen) atoms. The minimum Gasteiger partial charge on any atom is -0.369 e. The predicted molar refractivity (Wildman–Crippen MR) is 135 cm³/mol. The molecule has 2 aromatic rings. The highest BCUT2D eigenvalue weighted by atomic mass is 16.2. The van der Waals surface area contributed by atoms with E-state index in [1.54, 1.807) is 0 Å². The monoisotopic (exact) mass is 462 g/mol. The normalized spacial score (nSPS) is 20.4. The Hall–Kier alpha value is -3.13. The summed E-state index contributed by atoms with van der Waals surface area (Å²) in [6.07, 6.45) is 5.10. The third-order valence-electron chi connectivity index (χ3n) is 7.17. The molecule has 0 spiro atoms. The van der Waals surface area contributed by atoms with Gasteiger partial charge in [-0.05, 0) is 68.5 Å². The molecule has 2 saturated heterocycles. The number of aryl methyl sites for hydroxylation is 1. The molecule has 2 N–H and O–H groups in total. The van der Waals surface area contributed by atoms with Crippen LogP contribution < -0.4 is 20.4 Å². The summed E-state index contributed by atoms with van der Waals surface area (Å²) in [7, 11) is 0. The van der Waals surface area contributed by atoms with Crippen molar-refractivity contribution >= 4 is 29.0 Å². The second kappa shape index (κ2) is 9.62. The van der Waals surface area contributed by atoms with Crippen molar-refractivity contribution in [3.63, 3.8) is 0 Å². The summed E-state index contributed by atoms with van der Waals surface area (Å²) < 4.78 is 0. The van der Waals surface area contributed by atoms with Crippen molar-refractivity contribution < 1.29 is 9.59 Å². The van der Waals surface area contributed by atoms with E-state index in [2.05, 4.69) is 44.4 Å². The Morgan fingerprint density at radius 2 is 1.97 bits per heavy atom. The van der Waals surface area contributed by atoms with E-state index in [1.165, 1.54) is 5.69 Å². The summed E-state index contributed by atoms with van der Waals surface area (Å²) in [5.74, 6) is 1.00. The summed E-state index contributed by atoms with van der Waals surface area (Å²) in [4.78, 5) is 36.4. The van der Waals surface area contributed by atoms with Gasteiger partial charge in [-0.15, -0.1) is 0 Å². The van der Waals surface area contributed by atoms with Crippen LogP contribution in [0.2, 0.25) is 0 Å². The van der Waals surface area contributed by atoms with Gasteiger partial charge in [-0.1, -0.05) is 0 Å². The minimum absolute atomic E-state index is 0.0207. The first kappa shape index (κ1) is 22.7. The van der Waals surface area contributed by atoms with Gasteiger partial charge in [0.1, 0.15) is 6.04 Å². The molecule has 180 valence electrons. The molecule has 0 radical (unpaired) electrons. The molecule has 3 aliphatic rings. The summed E-state index contributed by atoms with van der Waals surface area (Å²) in [5, 5.41) is 5.96. The average molecular weight is 463 g/mol. The number of anilines is 3. The standard InChI is InChI=1S/C26H34N6O2/c1-3-27-25(33)20-7-8-22(18(2)14-20)31-12-10-30(11-13-31)17-19-15-21-24(28-16-19)32-9-5-4-6-23(32)26(34)29-21/h7-8,14-16,23H,3-6,9-13,17H2,1-2H3,(H,27,33)(H,29,34)/t23-/m0/s1. The van der Waals surface area contributed by atoms with Crippen LogP contribution in [0.15, 0.2) is 30.5 Å². The zero-order valence-electron chi connectivity index (χ0n) is 20.1. The van der Waals surface area contributed by atoms with Gasteiger partial charge in [0.25, 0.3) is 5.91 Å². The van der Waals surface area contributed by atoms with Gasteiger partial charge in [-0.2, -0.15) is 0 Å². The molecule has 8 heteroatoms. The Bertz CT molecular complexity index is 1080. The number of aromatic nitrogens is 1. The van der Waals surface area contributed by atoms with Gasteiger partial charge in [0.15, 0.2) is 5.82 Å². The minimum atomic E-state index is -0.0637. The van der Waals surface area contributed by atoms with Crippen molar-refractivity contribution in [3.8, 4) is 0 Å². The zero-order valence-corrected chi connectivity index (χ0v) is 20.1.